The van der Waals surface area contributed by atoms with E-state index in [4.69, 9.17) is 16.3 Å². The number of methoxy groups -OCH3 is 1. The zero-order valence-electron chi connectivity index (χ0n) is 22.7. The number of ether oxygens (including phenoxy) is 1. The monoisotopic (exact) mass is 616 g/mol. The quantitative estimate of drug-likeness (QED) is 0.280. The SMILES string of the molecule is COC(=O)[C@@H](NC[C@]1(O)C2CCC1C[C@@H](S(=O)(=O)c1cc(C(=O)Nc3cc(F)c(F)c(F)c3)ccc1Cl)C2)C(C)C. The molecule has 224 valence electrons. The first-order valence-electron chi connectivity index (χ1n) is 13.2. The number of hydrogen-bond acceptors (Lipinski definition) is 7. The van der Waals surface area contributed by atoms with E-state index in [1.54, 1.807) is 0 Å². The maximum atomic E-state index is 13.8. The molecule has 2 bridgehead atoms. The van der Waals surface area contributed by atoms with Gasteiger partial charge in [-0.2, -0.15) is 0 Å². The van der Waals surface area contributed by atoms with E-state index in [9.17, 15) is 36.3 Å². The molecule has 2 saturated carbocycles. The molecule has 0 saturated heterocycles. The fourth-order valence-electron chi connectivity index (χ4n) is 6.02. The van der Waals surface area contributed by atoms with E-state index in [-0.39, 0.29) is 58.3 Å². The number of carbonyl (C=O) groups is 2. The summed E-state index contributed by atoms with van der Waals surface area (Å²) >= 11 is 6.27. The van der Waals surface area contributed by atoms with Gasteiger partial charge in [0.15, 0.2) is 27.3 Å². The average Bonchev–Trinajstić information content (AvgIpc) is 3.06. The molecule has 2 fully saturated rings. The fourth-order valence-corrected chi connectivity index (χ4v) is 8.42. The van der Waals surface area contributed by atoms with Crippen LogP contribution in [-0.4, -0.2) is 55.9 Å². The molecule has 0 heterocycles. The van der Waals surface area contributed by atoms with Crippen molar-refractivity contribution in [2.75, 3.05) is 19.0 Å². The lowest BCUT2D eigenvalue weighted by Gasteiger charge is -2.43. The Morgan fingerprint density at radius 2 is 1.68 bits per heavy atom. The molecular weight excluding hydrogens is 585 g/mol. The maximum Gasteiger partial charge on any atom is 0.323 e. The Morgan fingerprint density at radius 1 is 1.10 bits per heavy atom. The molecule has 2 aliphatic rings. The van der Waals surface area contributed by atoms with E-state index in [1.807, 2.05) is 13.8 Å². The first-order chi connectivity index (χ1) is 19.2. The van der Waals surface area contributed by atoms with E-state index in [1.165, 1.54) is 19.2 Å². The highest BCUT2D eigenvalue weighted by Gasteiger charge is 2.55. The Balaban J connectivity index is 1.52. The fraction of sp³-hybridized carbons (Fsp3) is 0.500. The van der Waals surface area contributed by atoms with E-state index >= 15 is 0 Å². The molecule has 0 aromatic heterocycles. The Bertz CT molecular complexity index is 1420. The number of amides is 1. The minimum absolute atomic E-state index is 0.0897. The van der Waals surface area contributed by atoms with Gasteiger partial charge in [0.05, 0.1) is 27.9 Å². The molecular formula is C28H32ClF3N2O6S. The van der Waals surface area contributed by atoms with Gasteiger partial charge in [-0.1, -0.05) is 25.4 Å². The first kappa shape index (κ1) is 31.3. The van der Waals surface area contributed by atoms with Crippen molar-refractivity contribution in [2.45, 2.75) is 61.3 Å². The number of benzene rings is 2. The van der Waals surface area contributed by atoms with Crippen molar-refractivity contribution in [3.8, 4) is 0 Å². The van der Waals surface area contributed by atoms with Crippen LogP contribution in [0.25, 0.3) is 0 Å². The summed E-state index contributed by atoms with van der Waals surface area (Å²) in [4.78, 5) is 24.7. The summed E-state index contributed by atoms with van der Waals surface area (Å²) in [6.07, 6.45) is 1.53. The van der Waals surface area contributed by atoms with Gasteiger partial charge in [0.2, 0.25) is 0 Å². The summed E-state index contributed by atoms with van der Waals surface area (Å²) in [5.74, 6) is -6.79. The Labute approximate surface area is 241 Å². The number of nitrogens with one attached hydrogen (secondary N) is 2. The van der Waals surface area contributed by atoms with Crippen molar-refractivity contribution in [3.63, 3.8) is 0 Å². The van der Waals surface area contributed by atoms with Crippen molar-refractivity contribution in [1.29, 1.82) is 0 Å². The third-order valence-electron chi connectivity index (χ3n) is 8.28. The smallest absolute Gasteiger partial charge is 0.323 e. The molecule has 2 aliphatic carbocycles. The Hall–Kier alpha value is -2.67. The summed E-state index contributed by atoms with van der Waals surface area (Å²) in [6, 6.07) is 4.18. The van der Waals surface area contributed by atoms with Crippen LogP contribution in [0.3, 0.4) is 0 Å². The second kappa shape index (κ2) is 11.9. The predicted molar refractivity (Wildman–Crippen MR) is 146 cm³/mol. The van der Waals surface area contributed by atoms with Crippen molar-refractivity contribution in [1.82, 2.24) is 5.32 Å². The normalized spacial score (nSPS) is 24.8. The number of esters is 1. The maximum absolute atomic E-state index is 13.8. The van der Waals surface area contributed by atoms with Gasteiger partial charge in [-0.25, -0.2) is 21.6 Å². The lowest BCUT2D eigenvalue weighted by atomic mass is 9.74. The standard InChI is InChI=1S/C28H32ClF3N2O6S/c1-14(2)25(27(36)40-3)33-13-28(37)16-5-6-17(28)10-19(9-16)41(38,39)23-8-15(4-7-20(23)29)26(35)34-18-11-21(30)24(32)22(31)12-18/h4,7-8,11-12,14,16-17,19,25,33,37H,5-6,9-10,13H2,1-3H3,(H,34,35)/t16?,17?,19-,25-,28-/m0/s1. The van der Waals surface area contributed by atoms with Crippen LogP contribution in [-0.2, 0) is 19.4 Å². The van der Waals surface area contributed by atoms with Crippen LogP contribution in [0.1, 0.15) is 49.9 Å². The van der Waals surface area contributed by atoms with Crippen LogP contribution in [0.5, 0.6) is 0 Å². The van der Waals surface area contributed by atoms with Gasteiger partial charge >= 0.3 is 5.97 Å². The van der Waals surface area contributed by atoms with Crippen LogP contribution in [0.4, 0.5) is 18.9 Å². The number of rotatable bonds is 9. The molecule has 0 radical (unpaired) electrons. The molecule has 4 rings (SSSR count). The minimum Gasteiger partial charge on any atom is -0.468 e. The van der Waals surface area contributed by atoms with Gasteiger partial charge in [-0.15, -0.1) is 0 Å². The number of carbonyl (C=O) groups excluding carboxylic acids is 2. The van der Waals surface area contributed by atoms with Crippen molar-refractivity contribution in [3.05, 3.63) is 58.4 Å². The largest absolute Gasteiger partial charge is 0.468 e. The zero-order valence-corrected chi connectivity index (χ0v) is 24.3. The molecule has 0 spiro atoms. The molecule has 2 aromatic rings. The van der Waals surface area contributed by atoms with E-state index in [2.05, 4.69) is 10.6 Å². The third-order valence-corrected chi connectivity index (χ3v) is 10.9. The van der Waals surface area contributed by atoms with E-state index in [0.29, 0.717) is 25.0 Å². The van der Waals surface area contributed by atoms with Crippen molar-refractivity contribution >= 4 is 39.0 Å². The van der Waals surface area contributed by atoms with Crippen LogP contribution in [0.2, 0.25) is 5.02 Å². The van der Waals surface area contributed by atoms with E-state index < -0.39 is 56.1 Å². The number of fused-ring (bicyclic) bond motifs is 2. The summed E-state index contributed by atoms with van der Waals surface area (Å²) in [7, 11) is -2.77. The van der Waals surface area contributed by atoms with Crippen LogP contribution in [0, 0.1) is 35.2 Å². The third kappa shape index (κ3) is 6.11. The Morgan fingerprint density at radius 3 is 2.22 bits per heavy atom. The summed E-state index contributed by atoms with van der Waals surface area (Å²) in [5.41, 5.74) is -1.70. The molecule has 3 atom stereocenters. The van der Waals surface area contributed by atoms with Gasteiger partial charge in [-0.3, -0.25) is 9.59 Å². The summed E-state index contributed by atoms with van der Waals surface area (Å²) in [6.45, 7) is 3.81. The molecule has 8 nitrogen and oxygen atoms in total. The molecule has 41 heavy (non-hydrogen) atoms. The predicted octanol–water partition coefficient (Wildman–Crippen LogP) is 4.49. The van der Waals surface area contributed by atoms with Gasteiger partial charge in [0.1, 0.15) is 6.04 Å². The van der Waals surface area contributed by atoms with Gasteiger partial charge in [0, 0.05) is 29.9 Å². The lowest BCUT2D eigenvalue weighted by molar-refractivity contribution is -0.145. The first-order valence-corrected chi connectivity index (χ1v) is 15.1. The number of anilines is 1. The Kier molecular flexibility index (Phi) is 9.08. The molecule has 0 aliphatic heterocycles. The number of hydrogen-bond donors (Lipinski definition) is 3. The van der Waals surface area contributed by atoms with Gasteiger partial charge < -0.3 is 20.5 Å². The molecule has 13 heteroatoms. The number of aliphatic hydroxyl groups is 1. The van der Waals surface area contributed by atoms with Crippen molar-refractivity contribution in [2.24, 2.45) is 17.8 Å². The minimum atomic E-state index is -4.07. The van der Waals surface area contributed by atoms with E-state index in [0.717, 1.165) is 6.07 Å². The summed E-state index contributed by atoms with van der Waals surface area (Å²) < 4.78 is 72.8. The molecule has 1 amide bonds. The lowest BCUT2D eigenvalue weighted by Crippen LogP contribution is -2.57. The topological polar surface area (TPSA) is 122 Å². The average molecular weight is 617 g/mol. The second-order valence-corrected chi connectivity index (χ2v) is 13.7. The summed E-state index contributed by atoms with van der Waals surface area (Å²) in [5, 5.41) is 16.0. The molecule has 2 unspecified atom stereocenters. The molecule has 3 N–H and O–H groups in total. The highest BCUT2D eigenvalue weighted by Crippen LogP contribution is 2.52. The molecule has 2 aromatic carbocycles. The van der Waals surface area contributed by atoms with Crippen LogP contribution in [0.15, 0.2) is 35.2 Å². The van der Waals surface area contributed by atoms with Gasteiger partial charge in [-0.05, 0) is 61.6 Å². The number of halogens is 4. The van der Waals surface area contributed by atoms with Crippen LogP contribution >= 0.6 is 11.6 Å². The highest BCUT2D eigenvalue weighted by molar-refractivity contribution is 7.92. The highest BCUT2D eigenvalue weighted by atomic mass is 35.5. The van der Waals surface area contributed by atoms with Gasteiger partial charge in [0.25, 0.3) is 5.91 Å². The zero-order chi connectivity index (χ0) is 30.3. The van der Waals surface area contributed by atoms with Crippen molar-refractivity contribution < 1.29 is 41.0 Å². The number of sulfone groups is 1. The van der Waals surface area contributed by atoms with Crippen LogP contribution < -0.4 is 10.6 Å². The second-order valence-electron chi connectivity index (χ2n) is 11.1.